The van der Waals surface area contributed by atoms with E-state index in [-0.39, 0.29) is 12.4 Å². The molecule has 1 aromatic carbocycles. The number of hydrogen-bond acceptors (Lipinski definition) is 6. The summed E-state index contributed by atoms with van der Waals surface area (Å²) in [6, 6.07) is 13.4. The van der Waals surface area contributed by atoms with E-state index < -0.39 is 5.97 Å². The molecular weight excluding hydrogens is 362 g/mol. The maximum absolute atomic E-state index is 12.2. The number of hydrogen-bond donors (Lipinski definition) is 0. The number of carbonyl (C=O) groups is 1. The van der Waals surface area contributed by atoms with Crippen molar-refractivity contribution < 1.29 is 13.9 Å². The Kier molecular flexibility index (Phi) is 4.84. The monoisotopic (exact) mass is 379 g/mol. The van der Waals surface area contributed by atoms with Crippen LogP contribution in [0.4, 0.5) is 0 Å². The Morgan fingerprint density at radius 2 is 2.07 bits per heavy atom. The summed E-state index contributed by atoms with van der Waals surface area (Å²) >= 11 is 1.53. The van der Waals surface area contributed by atoms with Gasteiger partial charge in [-0.2, -0.15) is 5.10 Å². The number of benzene rings is 1. The second-order valence-corrected chi connectivity index (χ2v) is 6.91. The van der Waals surface area contributed by atoms with Crippen molar-refractivity contribution >= 4 is 17.3 Å². The molecule has 0 amide bonds. The van der Waals surface area contributed by atoms with Crippen molar-refractivity contribution in [2.24, 2.45) is 0 Å². The van der Waals surface area contributed by atoms with Gasteiger partial charge >= 0.3 is 5.97 Å². The van der Waals surface area contributed by atoms with Crippen LogP contribution < -0.4 is 0 Å². The van der Waals surface area contributed by atoms with Crippen LogP contribution >= 0.6 is 11.3 Å². The highest BCUT2D eigenvalue weighted by Gasteiger charge is 2.14. The van der Waals surface area contributed by atoms with Crippen molar-refractivity contribution in [1.29, 1.82) is 0 Å². The second-order valence-electron chi connectivity index (χ2n) is 6.06. The maximum Gasteiger partial charge on any atom is 0.374 e. The molecule has 3 aromatic heterocycles. The lowest BCUT2D eigenvalue weighted by atomic mass is 10.2. The Balaban J connectivity index is 1.35. The highest BCUT2D eigenvalue weighted by atomic mass is 32.1. The minimum atomic E-state index is -0.508. The minimum Gasteiger partial charge on any atom is -0.453 e. The van der Waals surface area contributed by atoms with Crippen molar-refractivity contribution in [2.45, 2.75) is 20.1 Å². The van der Waals surface area contributed by atoms with Crippen LogP contribution in [0.3, 0.4) is 0 Å². The fourth-order valence-electron chi connectivity index (χ4n) is 2.54. The number of thiazole rings is 1. The van der Waals surface area contributed by atoms with E-state index in [2.05, 4.69) is 10.1 Å². The van der Waals surface area contributed by atoms with Gasteiger partial charge < -0.3 is 9.15 Å². The van der Waals surface area contributed by atoms with E-state index in [0.29, 0.717) is 18.0 Å². The van der Waals surface area contributed by atoms with Gasteiger partial charge in [0.05, 0.1) is 12.2 Å². The van der Waals surface area contributed by atoms with E-state index in [1.165, 1.54) is 16.9 Å². The average molecular weight is 379 g/mol. The number of aromatic nitrogens is 3. The minimum absolute atomic E-state index is 0.108. The van der Waals surface area contributed by atoms with Gasteiger partial charge in [0.2, 0.25) is 5.76 Å². The quantitative estimate of drug-likeness (QED) is 0.467. The topological polar surface area (TPSA) is 70.2 Å². The number of rotatable bonds is 6. The van der Waals surface area contributed by atoms with E-state index in [1.54, 1.807) is 23.0 Å². The van der Waals surface area contributed by atoms with Crippen molar-refractivity contribution in [1.82, 2.24) is 14.8 Å². The summed E-state index contributed by atoms with van der Waals surface area (Å²) in [5, 5.41) is 6.91. The van der Waals surface area contributed by atoms with Gasteiger partial charge in [-0.15, -0.1) is 11.3 Å². The first kappa shape index (κ1) is 17.2. The average Bonchev–Trinajstić information content (AvgIpc) is 3.43. The van der Waals surface area contributed by atoms with Crippen molar-refractivity contribution in [3.8, 4) is 10.6 Å². The van der Waals surface area contributed by atoms with E-state index >= 15 is 0 Å². The van der Waals surface area contributed by atoms with E-state index in [1.807, 2.05) is 48.8 Å². The number of ether oxygens (including phenoxy) is 1. The van der Waals surface area contributed by atoms with Crippen LogP contribution in [0.5, 0.6) is 0 Å². The third-order valence-corrected chi connectivity index (χ3v) is 4.88. The largest absolute Gasteiger partial charge is 0.453 e. The summed E-state index contributed by atoms with van der Waals surface area (Å²) < 4.78 is 12.6. The number of esters is 1. The predicted octanol–water partition coefficient (Wildman–Crippen LogP) is 4.31. The Morgan fingerprint density at radius 3 is 2.85 bits per heavy atom. The molecule has 27 heavy (non-hydrogen) atoms. The lowest BCUT2D eigenvalue weighted by molar-refractivity contribution is 0.0429. The third kappa shape index (κ3) is 4.15. The summed E-state index contributed by atoms with van der Waals surface area (Å²) in [7, 11) is 0. The van der Waals surface area contributed by atoms with E-state index in [0.717, 1.165) is 10.6 Å². The van der Waals surface area contributed by atoms with Gasteiger partial charge in [0.1, 0.15) is 17.4 Å². The molecule has 7 heteroatoms. The molecule has 0 aliphatic carbocycles. The maximum atomic E-state index is 12.2. The zero-order valence-corrected chi connectivity index (χ0v) is 15.5. The van der Waals surface area contributed by atoms with Gasteiger partial charge in [0.25, 0.3) is 0 Å². The molecule has 0 bridgehead atoms. The number of furan rings is 1. The van der Waals surface area contributed by atoms with Crippen LogP contribution in [-0.2, 0) is 17.9 Å². The fourth-order valence-corrected chi connectivity index (χ4v) is 3.35. The Morgan fingerprint density at radius 1 is 1.22 bits per heavy atom. The van der Waals surface area contributed by atoms with Gasteiger partial charge in [0.15, 0.2) is 0 Å². The molecule has 136 valence electrons. The zero-order valence-electron chi connectivity index (χ0n) is 14.7. The number of carbonyl (C=O) groups excluding carboxylic acids is 1. The van der Waals surface area contributed by atoms with Crippen molar-refractivity contribution in [3.63, 3.8) is 0 Å². The molecule has 3 heterocycles. The molecular formula is C20H17N3O3S. The first-order valence-electron chi connectivity index (χ1n) is 8.42. The summed E-state index contributed by atoms with van der Waals surface area (Å²) in [5.41, 5.74) is 2.97. The predicted molar refractivity (Wildman–Crippen MR) is 101 cm³/mol. The van der Waals surface area contributed by atoms with Gasteiger partial charge in [-0.05, 0) is 25.1 Å². The molecule has 0 radical (unpaired) electrons. The fraction of sp³-hybridized carbons (Fsp3) is 0.150. The van der Waals surface area contributed by atoms with Crippen molar-refractivity contribution in [2.75, 3.05) is 0 Å². The lowest BCUT2D eigenvalue weighted by Gasteiger charge is -2.01. The summed E-state index contributed by atoms with van der Waals surface area (Å²) in [4.78, 5) is 16.7. The Hall–Kier alpha value is -3.19. The standard InChI is InChI=1S/C20H17N3O3S/c1-14-3-5-15(6-4-14)19-22-16(13-27-19)12-25-20(24)18-8-7-17(26-18)11-23-10-2-9-21-23/h2-10,13H,11-12H2,1H3. The van der Waals surface area contributed by atoms with Crippen LogP contribution in [0.15, 0.2) is 64.7 Å². The van der Waals surface area contributed by atoms with Crippen molar-refractivity contribution in [3.05, 3.63) is 83.0 Å². The molecule has 4 rings (SSSR count). The van der Waals surface area contributed by atoms with Crippen LogP contribution in [-0.4, -0.2) is 20.7 Å². The van der Waals surface area contributed by atoms with Crippen LogP contribution in [0.1, 0.15) is 27.6 Å². The molecule has 4 aromatic rings. The summed E-state index contributed by atoms with van der Waals surface area (Å²) in [6.45, 7) is 2.62. The molecule has 0 aliphatic heterocycles. The molecule has 0 fully saturated rings. The highest BCUT2D eigenvalue weighted by molar-refractivity contribution is 7.13. The number of aryl methyl sites for hydroxylation is 1. The number of nitrogens with zero attached hydrogens (tertiary/aromatic N) is 3. The third-order valence-electron chi connectivity index (χ3n) is 3.94. The SMILES string of the molecule is Cc1ccc(-c2nc(COC(=O)c3ccc(Cn4cccn4)o3)cs2)cc1. The molecule has 0 saturated heterocycles. The molecule has 0 unspecified atom stereocenters. The summed E-state index contributed by atoms with van der Waals surface area (Å²) in [5.74, 6) is 0.304. The van der Waals surface area contributed by atoms with Gasteiger partial charge in [-0.25, -0.2) is 9.78 Å². The smallest absolute Gasteiger partial charge is 0.374 e. The molecule has 6 nitrogen and oxygen atoms in total. The lowest BCUT2D eigenvalue weighted by Crippen LogP contribution is -2.04. The zero-order chi connectivity index (χ0) is 18.6. The molecule has 0 atom stereocenters. The summed E-state index contributed by atoms with van der Waals surface area (Å²) in [6.07, 6.45) is 3.52. The Labute approximate surface area is 160 Å². The Bertz CT molecular complexity index is 1030. The molecule has 0 saturated carbocycles. The molecule has 0 spiro atoms. The molecule has 0 N–H and O–H groups in total. The normalized spacial score (nSPS) is 10.9. The second kappa shape index (κ2) is 7.59. The van der Waals surface area contributed by atoms with Gasteiger partial charge in [-0.1, -0.05) is 29.8 Å². The van der Waals surface area contributed by atoms with Gasteiger partial charge in [0, 0.05) is 23.3 Å². The molecule has 0 aliphatic rings. The van der Waals surface area contributed by atoms with Crippen LogP contribution in [0, 0.1) is 6.92 Å². The first-order chi connectivity index (χ1) is 13.2. The van der Waals surface area contributed by atoms with Crippen LogP contribution in [0.25, 0.3) is 10.6 Å². The van der Waals surface area contributed by atoms with E-state index in [9.17, 15) is 4.79 Å². The first-order valence-corrected chi connectivity index (χ1v) is 9.30. The van der Waals surface area contributed by atoms with E-state index in [4.69, 9.17) is 9.15 Å². The highest BCUT2D eigenvalue weighted by Crippen LogP contribution is 2.24. The van der Waals surface area contributed by atoms with Crippen LogP contribution in [0.2, 0.25) is 0 Å². The van der Waals surface area contributed by atoms with Gasteiger partial charge in [-0.3, -0.25) is 4.68 Å².